The van der Waals surface area contributed by atoms with Crippen LogP contribution in [0.15, 0.2) is 41.1 Å². The number of hydrogen-bond donors (Lipinski definition) is 2. The van der Waals surface area contributed by atoms with E-state index in [4.69, 9.17) is 5.73 Å². The molecule has 0 aliphatic rings. The largest absolute Gasteiger partial charge is 0.364 e. The molecular weight excluding hydrogens is 230 g/mol. The zero-order chi connectivity index (χ0) is 12.8. The summed E-state index contributed by atoms with van der Waals surface area (Å²) >= 11 is 0. The van der Waals surface area contributed by atoms with E-state index in [1.54, 1.807) is 18.2 Å². The lowest BCUT2D eigenvalue weighted by molar-refractivity contribution is 0.101. The number of anilines is 1. The van der Waals surface area contributed by atoms with E-state index in [2.05, 4.69) is 26.8 Å². The van der Waals surface area contributed by atoms with E-state index in [1.807, 2.05) is 6.07 Å². The SMILES string of the molecule is NCC#Cc1cccc(NC(=O)c2ccon2)c1. The summed E-state index contributed by atoms with van der Waals surface area (Å²) in [6.07, 6.45) is 1.35. The highest BCUT2D eigenvalue weighted by atomic mass is 16.5. The molecule has 0 saturated carbocycles. The zero-order valence-electron chi connectivity index (χ0n) is 9.51. The number of carbonyl (C=O) groups excluding carboxylic acids is 1. The van der Waals surface area contributed by atoms with Gasteiger partial charge >= 0.3 is 0 Å². The molecule has 0 radical (unpaired) electrons. The molecule has 90 valence electrons. The minimum Gasteiger partial charge on any atom is -0.364 e. The van der Waals surface area contributed by atoms with Crippen molar-refractivity contribution in [3.8, 4) is 11.8 Å². The van der Waals surface area contributed by atoms with Crippen molar-refractivity contribution in [2.45, 2.75) is 0 Å². The predicted molar refractivity (Wildman–Crippen MR) is 66.8 cm³/mol. The second kappa shape index (κ2) is 5.66. The van der Waals surface area contributed by atoms with Crippen LogP contribution in [0.5, 0.6) is 0 Å². The molecule has 0 saturated heterocycles. The van der Waals surface area contributed by atoms with Crippen LogP contribution in [-0.4, -0.2) is 17.6 Å². The van der Waals surface area contributed by atoms with Gasteiger partial charge in [0.25, 0.3) is 5.91 Å². The van der Waals surface area contributed by atoms with Gasteiger partial charge in [-0.2, -0.15) is 0 Å². The summed E-state index contributed by atoms with van der Waals surface area (Å²) < 4.78 is 4.60. The van der Waals surface area contributed by atoms with Crippen molar-refractivity contribution in [1.82, 2.24) is 5.16 Å². The van der Waals surface area contributed by atoms with Crippen LogP contribution in [-0.2, 0) is 0 Å². The average Bonchev–Trinajstić information content (AvgIpc) is 2.91. The van der Waals surface area contributed by atoms with Crippen molar-refractivity contribution in [2.24, 2.45) is 5.73 Å². The standard InChI is InChI=1S/C13H11N3O2/c14-7-2-4-10-3-1-5-11(9-10)15-13(17)12-6-8-18-16-12/h1,3,5-6,8-9H,7,14H2,(H,15,17). The summed E-state index contributed by atoms with van der Waals surface area (Å²) in [5.74, 6) is 5.32. The van der Waals surface area contributed by atoms with Gasteiger partial charge in [-0.3, -0.25) is 4.79 Å². The molecule has 0 fully saturated rings. The summed E-state index contributed by atoms with van der Waals surface area (Å²) in [6, 6.07) is 8.67. The van der Waals surface area contributed by atoms with Crippen molar-refractivity contribution >= 4 is 11.6 Å². The van der Waals surface area contributed by atoms with E-state index in [0.717, 1.165) is 5.56 Å². The van der Waals surface area contributed by atoms with Crippen molar-refractivity contribution < 1.29 is 9.32 Å². The van der Waals surface area contributed by atoms with E-state index in [1.165, 1.54) is 12.3 Å². The Balaban J connectivity index is 2.12. The maximum absolute atomic E-state index is 11.7. The normalized spacial score (nSPS) is 9.39. The molecule has 18 heavy (non-hydrogen) atoms. The van der Waals surface area contributed by atoms with Crippen LogP contribution in [0.1, 0.15) is 16.1 Å². The monoisotopic (exact) mass is 241 g/mol. The van der Waals surface area contributed by atoms with Crippen molar-refractivity contribution in [2.75, 3.05) is 11.9 Å². The molecule has 0 atom stereocenters. The van der Waals surface area contributed by atoms with Gasteiger partial charge in [-0.05, 0) is 18.2 Å². The highest BCUT2D eigenvalue weighted by molar-refractivity contribution is 6.02. The molecule has 1 aromatic carbocycles. The number of rotatable bonds is 2. The topological polar surface area (TPSA) is 81.1 Å². The predicted octanol–water partition coefficient (Wildman–Crippen LogP) is 1.24. The second-order valence-corrected chi connectivity index (χ2v) is 3.43. The Morgan fingerprint density at radius 3 is 3.06 bits per heavy atom. The minimum absolute atomic E-state index is 0.230. The van der Waals surface area contributed by atoms with Gasteiger partial charge in [-0.15, -0.1) is 0 Å². The lowest BCUT2D eigenvalue weighted by atomic mass is 10.2. The van der Waals surface area contributed by atoms with E-state index in [0.29, 0.717) is 12.2 Å². The Morgan fingerprint density at radius 1 is 1.44 bits per heavy atom. The van der Waals surface area contributed by atoms with Gasteiger partial charge in [-0.25, -0.2) is 0 Å². The van der Waals surface area contributed by atoms with Gasteiger partial charge in [0.15, 0.2) is 5.69 Å². The summed E-state index contributed by atoms with van der Waals surface area (Å²) in [5, 5.41) is 6.25. The van der Waals surface area contributed by atoms with Crippen LogP contribution in [0.25, 0.3) is 0 Å². The highest BCUT2D eigenvalue weighted by Crippen LogP contribution is 2.11. The Morgan fingerprint density at radius 2 is 2.33 bits per heavy atom. The molecule has 3 N–H and O–H groups in total. The molecule has 1 heterocycles. The Hall–Kier alpha value is -2.58. The third-order valence-corrected chi connectivity index (χ3v) is 2.13. The quantitative estimate of drug-likeness (QED) is 0.775. The second-order valence-electron chi connectivity index (χ2n) is 3.43. The first-order chi connectivity index (χ1) is 8.79. The fourth-order valence-corrected chi connectivity index (χ4v) is 1.35. The molecule has 2 aromatic rings. The third-order valence-electron chi connectivity index (χ3n) is 2.13. The van der Waals surface area contributed by atoms with Gasteiger partial charge in [-0.1, -0.05) is 23.1 Å². The van der Waals surface area contributed by atoms with Crippen LogP contribution < -0.4 is 11.1 Å². The van der Waals surface area contributed by atoms with Gasteiger partial charge in [0.1, 0.15) is 6.26 Å². The molecule has 0 aliphatic heterocycles. The number of nitrogens with zero attached hydrogens (tertiary/aromatic N) is 1. The molecule has 0 spiro atoms. The van der Waals surface area contributed by atoms with E-state index in [9.17, 15) is 4.79 Å². The fraction of sp³-hybridized carbons (Fsp3) is 0.0769. The van der Waals surface area contributed by atoms with E-state index in [-0.39, 0.29) is 11.6 Å². The number of nitrogens with one attached hydrogen (secondary N) is 1. The smallest absolute Gasteiger partial charge is 0.277 e. The molecule has 0 aliphatic carbocycles. The van der Waals surface area contributed by atoms with Gasteiger partial charge in [0, 0.05) is 17.3 Å². The molecule has 5 nitrogen and oxygen atoms in total. The molecular formula is C13H11N3O2. The average molecular weight is 241 g/mol. The molecule has 5 heteroatoms. The first-order valence-electron chi connectivity index (χ1n) is 5.30. The van der Waals surface area contributed by atoms with Crippen molar-refractivity contribution in [3.63, 3.8) is 0 Å². The maximum atomic E-state index is 11.7. The van der Waals surface area contributed by atoms with Crippen LogP contribution >= 0.6 is 0 Å². The van der Waals surface area contributed by atoms with Gasteiger partial charge in [0.05, 0.1) is 6.54 Å². The summed E-state index contributed by atoms with van der Waals surface area (Å²) in [4.78, 5) is 11.7. The van der Waals surface area contributed by atoms with Gasteiger partial charge < -0.3 is 15.6 Å². The van der Waals surface area contributed by atoms with E-state index >= 15 is 0 Å². The number of benzene rings is 1. The Bertz CT molecular complexity index is 594. The third kappa shape index (κ3) is 2.97. The molecule has 2 rings (SSSR count). The first-order valence-corrected chi connectivity index (χ1v) is 5.30. The molecule has 1 amide bonds. The molecule has 1 aromatic heterocycles. The van der Waals surface area contributed by atoms with Crippen LogP contribution in [0.2, 0.25) is 0 Å². The number of aromatic nitrogens is 1. The van der Waals surface area contributed by atoms with Crippen LogP contribution in [0.4, 0.5) is 5.69 Å². The molecule has 0 unspecified atom stereocenters. The minimum atomic E-state index is -0.326. The Labute approximate surface area is 104 Å². The number of amides is 1. The van der Waals surface area contributed by atoms with Gasteiger partial charge in [0.2, 0.25) is 0 Å². The lowest BCUT2D eigenvalue weighted by Crippen LogP contribution is -2.12. The summed E-state index contributed by atoms with van der Waals surface area (Å²) in [5.41, 5.74) is 6.96. The first kappa shape index (κ1) is 11.9. The zero-order valence-corrected chi connectivity index (χ0v) is 9.51. The molecule has 0 bridgehead atoms. The van der Waals surface area contributed by atoms with Crippen LogP contribution in [0, 0.1) is 11.8 Å². The summed E-state index contributed by atoms with van der Waals surface area (Å²) in [7, 11) is 0. The highest BCUT2D eigenvalue weighted by Gasteiger charge is 2.08. The number of hydrogen-bond acceptors (Lipinski definition) is 4. The maximum Gasteiger partial charge on any atom is 0.277 e. The number of nitrogens with two attached hydrogens (primary N) is 1. The number of carbonyl (C=O) groups is 1. The fourth-order valence-electron chi connectivity index (χ4n) is 1.35. The van der Waals surface area contributed by atoms with Crippen molar-refractivity contribution in [3.05, 3.63) is 47.9 Å². The lowest BCUT2D eigenvalue weighted by Gasteiger charge is -2.02. The van der Waals surface area contributed by atoms with E-state index < -0.39 is 0 Å². The van der Waals surface area contributed by atoms with Crippen LogP contribution in [0.3, 0.4) is 0 Å². The Kier molecular flexibility index (Phi) is 3.74. The van der Waals surface area contributed by atoms with Crippen molar-refractivity contribution in [1.29, 1.82) is 0 Å². The summed E-state index contributed by atoms with van der Waals surface area (Å²) in [6.45, 7) is 0.301.